The lowest BCUT2D eigenvalue weighted by molar-refractivity contribution is -0.117. The van der Waals surface area contributed by atoms with Crippen molar-refractivity contribution in [2.75, 3.05) is 20.3 Å². The molecular weight excluding hydrogens is 455 g/mol. The van der Waals surface area contributed by atoms with E-state index in [1.54, 1.807) is 54.6 Å². The van der Waals surface area contributed by atoms with Gasteiger partial charge in [0.15, 0.2) is 0 Å². The first-order valence-electron chi connectivity index (χ1n) is 9.52. The van der Waals surface area contributed by atoms with Crippen molar-refractivity contribution in [3.8, 4) is 17.1 Å². The van der Waals surface area contributed by atoms with E-state index in [0.717, 1.165) is 0 Å². The Kier molecular flexibility index (Phi) is 7.94. The maximum absolute atomic E-state index is 12.6. The van der Waals surface area contributed by atoms with Gasteiger partial charge in [0, 0.05) is 23.7 Å². The average Bonchev–Trinajstić information content (AvgIpc) is 3.27. The highest BCUT2D eigenvalue weighted by Gasteiger charge is 2.16. The number of benzene rings is 2. The van der Waals surface area contributed by atoms with Gasteiger partial charge in [0.25, 0.3) is 11.8 Å². The number of hydrogen-bond acceptors (Lipinski definition) is 5. The van der Waals surface area contributed by atoms with Gasteiger partial charge in [-0.25, -0.2) is 0 Å². The van der Waals surface area contributed by atoms with Crippen LogP contribution in [0.15, 0.2) is 64.7 Å². The van der Waals surface area contributed by atoms with Crippen molar-refractivity contribution < 1.29 is 23.8 Å². The van der Waals surface area contributed by atoms with E-state index in [1.807, 2.05) is 0 Å². The molecule has 166 valence electrons. The maximum Gasteiger partial charge on any atom is 0.268 e. The highest BCUT2D eigenvalue weighted by Crippen LogP contribution is 2.30. The van der Waals surface area contributed by atoms with Crippen LogP contribution in [0.25, 0.3) is 17.4 Å². The van der Waals surface area contributed by atoms with Crippen molar-refractivity contribution in [2.24, 2.45) is 0 Å². The zero-order valence-electron chi connectivity index (χ0n) is 17.0. The number of methoxy groups -OCH3 is 1. The van der Waals surface area contributed by atoms with E-state index in [4.69, 9.17) is 37.5 Å². The monoisotopic (exact) mass is 474 g/mol. The number of aliphatic hydroxyl groups excluding tert-OH is 1. The molecule has 1 aromatic heterocycles. The molecule has 0 radical (unpaired) electrons. The molecule has 1 heterocycles. The first kappa shape index (κ1) is 23.4. The van der Waals surface area contributed by atoms with Gasteiger partial charge in [-0.3, -0.25) is 9.59 Å². The first-order valence-corrected chi connectivity index (χ1v) is 10.3. The standard InChI is InChI=1S/C23H20Cl2N2O5/c1-31-16-5-2-14(3-6-16)22(29)27-20(23(30)26-10-11-28)13-17-7-9-21(32-17)15-4-8-18(24)19(25)12-15/h2-9,12-13,28H,10-11H2,1H3,(H,26,30)(H,27,29). The number of aliphatic hydroxyl groups is 1. The fourth-order valence-electron chi connectivity index (χ4n) is 2.74. The van der Waals surface area contributed by atoms with Crippen LogP contribution in [-0.2, 0) is 4.79 Å². The van der Waals surface area contributed by atoms with Crippen molar-refractivity contribution in [3.05, 3.63) is 81.7 Å². The second-order valence-corrected chi connectivity index (χ2v) is 7.37. The van der Waals surface area contributed by atoms with E-state index in [0.29, 0.717) is 38.4 Å². The predicted molar refractivity (Wildman–Crippen MR) is 123 cm³/mol. The Labute approximate surface area is 194 Å². The van der Waals surface area contributed by atoms with Crippen LogP contribution < -0.4 is 15.4 Å². The Morgan fingerprint density at radius 1 is 1.06 bits per heavy atom. The van der Waals surface area contributed by atoms with Gasteiger partial charge < -0.3 is 24.9 Å². The third kappa shape index (κ3) is 5.91. The van der Waals surface area contributed by atoms with Crippen LogP contribution in [0.5, 0.6) is 5.75 Å². The Bertz CT molecular complexity index is 1140. The summed E-state index contributed by atoms with van der Waals surface area (Å²) in [6.07, 6.45) is 1.40. The maximum atomic E-state index is 12.6. The van der Waals surface area contributed by atoms with Crippen LogP contribution in [0.3, 0.4) is 0 Å². The minimum absolute atomic E-state index is 0.0290. The molecule has 0 unspecified atom stereocenters. The zero-order chi connectivity index (χ0) is 23.1. The molecule has 3 N–H and O–H groups in total. The summed E-state index contributed by atoms with van der Waals surface area (Å²) in [6.45, 7) is -0.213. The molecule has 2 amide bonds. The molecule has 2 aromatic carbocycles. The Morgan fingerprint density at radius 3 is 2.47 bits per heavy atom. The minimum Gasteiger partial charge on any atom is -0.497 e. The number of nitrogens with one attached hydrogen (secondary N) is 2. The highest BCUT2D eigenvalue weighted by atomic mass is 35.5. The Morgan fingerprint density at radius 2 is 1.81 bits per heavy atom. The fraction of sp³-hybridized carbons (Fsp3) is 0.130. The van der Waals surface area contributed by atoms with Crippen molar-refractivity contribution in [1.82, 2.24) is 10.6 Å². The molecule has 0 aliphatic carbocycles. The van der Waals surface area contributed by atoms with Gasteiger partial charge >= 0.3 is 0 Å². The van der Waals surface area contributed by atoms with Crippen LogP contribution in [0.4, 0.5) is 0 Å². The molecule has 7 nitrogen and oxygen atoms in total. The number of carbonyl (C=O) groups excluding carboxylic acids is 2. The average molecular weight is 475 g/mol. The van der Waals surface area contributed by atoms with Crippen LogP contribution in [0.2, 0.25) is 10.0 Å². The topological polar surface area (TPSA) is 101 Å². The van der Waals surface area contributed by atoms with Gasteiger partial charge in [-0.05, 0) is 54.6 Å². The molecule has 0 saturated heterocycles. The summed E-state index contributed by atoms with van der Waals surface area (Å²) in [5.74, 6) is 0.368. The molecule has 0 saturated carbocycles. The highest BCUT2D eigenvalue weighted by molar-refractivity contribution is 6.42. The second-order valence-electron chi connectivity index (χ2n) is 6.55. The van der Waals surface area contributed by atoms with Crippen molar-refractivity contribution >= 4 is 41.1 Å². The van der Waals surface area contributed by atoms with Gasteiger partial charge in [0.1, 0.15) is 23.0 Å². The Balaban J connectivity index is 1.86. The molecule has 0 aliphatic heterocycles. The lowest BCUT2D eigenvalue weighted by atomic mass is 10.2. The summed E-state index contributed by atoms with van der Waals surface area (Å²) < 4.78 is 10.9. The van der Waals surface area contributed by atoms with E-state index in [1.165, 1.54) is 13.2 Å². The molecular formula is C23H20Cl2N2O5. The summed E-state index contributed by atoms with van der Waals surface area (Å²) in [4.78, 5) is 25.2. The first-order chi connectivity index (χ1) is 15.4. The Hall–Kier alpha value is -3.26. The number of amides is 2. The van der Waals surface area contributed by atoms with E-state index < -0.39 is 11.8 Å². The van der Waals surface area contributed by atoms with E-state index in [9.17, 15) is 9.59 Å². The van der Waals surface area contributed by atoms with Gasteiger partial charge in [0.05, 0.1) is 23.8 Å². The summed E-state index contributed by atoms with van der Waals surface area (Å²) >= 11 is 12.0. The van der Waals surface area contributed by atoms with Crippen LogP contribution in [-0.4, -0.2) is 37.2 Å². The molecule has 32 heavy (non-hydrogen) atoms. The summed E-state index contributed by atoms with van der Waals surface area (Å²) in [7, 11) is 1.52. The quantitative estimate of drug-likeness (QED) is 0.426. The number of rotatable bonds is 8. The van der Waals surface area contributed by atoms with Gasteiger partial charge in [-0.1, -0.05) is 23.2 Å². The van der Waals surface area contributed by atoms with Gasteiger partial charge in [-0.2, -0.15) is 0 Å². The molecule has 0 aliphatic rings. The lowest BCUT2D eigenvalue weighted by Crippen LogP contribution is -2.36. The van der Waals surface area contributed by atoms with Gasteiger partial charge in [0.2, 0.25) is 0 Å². The van der Waals surface area contributed by atoms with Crippen molar-refractivity contribution in [1.29, 1.82) is 0 Å². The lowest BCUT2D eigenvalue weighted by Gasteiger charge is -2.10. The van der Waals surface area contributed by atoms with Gasteiger partial charge in [-0.15, -0.1) is 0 Å². The number of ether oxygens (including phenoxy) is 1. The third-order valence-electron chi connectivity index (χ3n) is 4.36. The van der Waals surface area contributed by atoms with Crippen molar-refractivity contribution in [2.45, 2.75) is 0 Å². The smallest absolute Gasteiger partial charge is 0.268 e. The molecule has 3 aromatic rings. The third-order valence-corrected chi connectivity index (χ3v) is 5.10. The van der Waals surface area contributed by atoms with E-state index in [-0.39, 0.29) is 18.8 Å². The molecule has 3 rings (SSSR count). The van der Waals surface area contributed by atoms with Crippen LogP contribution in [0.1, 0.15) is 16.1 Å². The predicted octanol–water partition coefficient (Wildman–Crippen LogP) is 4.14. The number of halogens is 2. The van der Waals surface area contributed by atoms with E-state index >= 15 is 0 Å². The number of carbonyl (C=O) groups is 2. The fourth-order valence-corrected chi connectivity index (χ4v) is 3.04. The molecule has 0 atom stereocenters. The number of furan rings is 1. The SMILES string of the molecule is COc1ccc(C(=O)NC(=Cc2ccc(-c3ccc(Cl)c(Cl)c3)o2)C(=O)NCCO)cc1. The summed E-state index contributed by atoms with van der Waals surface area (Å²) in [5.41, 5.74) is 0.990. The zero-order valence-corrected chi connectivity index (χ0v) is 18.5. The van der Waals surface area contributed by atoms with E-state index in [2.05, 4.69) is 10.6 Å². The number of hydrogen-bond donors (Lipinski definition) is 3. The van der Waals surface area contributed by atoms with Crippen LogP contribution >= 0.6 is 23.2 Å². The largest absolute Gasteiger partial charge is 0.497 e. The summed E-state index contributed by atoms with van der Waals surface area (Å²) in [5, 5.41) is 14.9. The normalized spacial score (nSPS) is 11.2. The molecule has 9 heteroatoms. The molecule has 0 bridgehead atoms. The minimum atomic E-state index is -0.576. The molecule has 0 spiro atoms. The second kappa shape index (κ2) is 10.9. The summed E-state index contributed by atoms with van der Waals surface area (Å²) in [6, 6.07) is 14.9. The van der Waals surface area contributed by atoms with Crippen LogP contribution in [0, 0.1) is 0 Å². The van der Waals surface area contributed by atoms with Crippen molar-refractivity contribution in [3.63, 3.8) is 0 Å². The molecule has 0 fully saturated rings.